The minimum absolute atomic E-state index is 0.212. The smallest absolute Gasteiger partial charge is 0.276 e. The maximum atomic E-state index is 12.2. The quantitative estimate of drug-likeness (QED) is 0.906. The molecule has 6 nitrogen and oxygen atoms in total. The summed E-state index contributed by atoms with van der Waals surface area (Å²) in [5.41, 5.74) is 0.874. The summed E-state index contributed by atoms with van der Waals surface area (Å²) >= 11 is 11.8. The number of aromatic nitrogens is 3. The molecule has 8 heteroatoms. The van der Waals surface area contributed by atoms with E-state index >= 15 is 0 Å². The number of nitrogens with zero attached hydrogens (tertiary/aromatic N) is 3. The van der Waals surface area contributed by atoms with Crippen LogP contribution in [0.25, 0.3) is 0 Å². The fourth-order valence-corrected chi connectivity index (χ4v) is 2.24. The highest BCUT2D eigenvalue weighted by molar-refractivity contribution is 6.42. The Morgan fingerprint density at radius 3 is 2.68 bits per heavy atom. The number of aromatic amines is 1. The number of halogens is 2. The van der Waals surface area contributed by atoms with Crippen molar-refractivity contribution in [2.45, 2.75) is 20.0 Å². The van der Waals surface area contributed by atoms with Gasteiger partial charge in [0.05, 0.1) is 22.3 Å². The zero-order valence-electron chi connectivity index (χ0n) is 12.4. The van der Waals surface area contributed by atoms with Gasteiger partial charge in [-0.2, -0.15) is 15.4 Å². The first-order valence-electron chi connectivity index (χ1n) is 6.63. The summed E-state index contributed by atoms with van der Waals surface area (Å²) < 4.78 is 5.74. The maximum absolute atomic E-state index is 12.2. The Balaban J connectivity index is 1.96. The molecule has 2 aromatic rings. The second-order valence-electron chi connectivity index (χ2n) is 4.95. The fourth-order valence-electron chi connectivity index (χ4n) is 1.96. The van der Waals surface area contributed by atoms with Crippen molar-refractivity contribution in [3.05, 3.63) is 39.6 Å². The van der Waals surface area contributed by atoms with Crippen LogP contribution in [0.15, 0.2) is 18.2 Å². The number of benzene rings is 1. The number of aryl methyl sites for hydroxylation is 1. The number of carbonyl (C=O) groups is 1. The van der Waals surface area contributed by atoms with E-state index in [4.69, 9.17) is 27.9 Å². The number of hydrogen-bond donors (Lipinski definition) is 1. The van der Waals surface area contributed by atoms with Gasteiger partial charge in [-0.3, -0.25) is 4.79 Å². The van der Waals surface area contributed by atoms with Crippen LogP contribution in [0.5, 0.6) is 5.75 Å². The molecule has 22 heavy (non-hydrogen) atoms. The monoisotopic (exact) mass is 342 g/mol. The van der Waals surface area contributed by atoms with Gasteiger partial charge < -0.3 is 9.64 Å². The minimum Gasteiger partial charge on any atom is -0.489 e. The lowest BCUT2D eigenvalue weighted by molar-refractivity contribution is 0.0720. The number of carbonyl (C=O) groups excluding carboxylic acids is 1. The van der Waals surface area contributed by atoms with Gasteiger partial charge in [-0.15, -0.1) is 0 Å². The molecular weight excluding hydrogens is 327 g/mol. The van der Waals surface area contributed by atoms with Gasteiger partial charge in [0.1, 0.15) is 11.9 Å². The first kappa shape index (κ1) is 16.6. The van der Waals surface area contributed by atoms with E-state index in [2.05, 4.69) is 15.4 Å². The molecule has 118 valence electrons. The highest BCUT2D eigenvalue weighted by Gasteiger charge is 2.20. The van der Waals surface area contributed by atoms with Gasteiger partial charge in [-0.1, -0.05) is 23.2 Å². The molecule has 0 radical (unpaired) electrons. The van der Waals surface area contributed by atoms with Crippen molar-refractivity contribution in [1.82, 2.24) is 20.3 Å². The van der Waals surface area contributed by atoms with Crippen molar-refractivity contribution in [2.75, 3.05) is 13.6 Å². The van der Waals surface area contributed by atoms with E-state index in [1.165, 1.54) is 4.90 Å². The second kappa shape index (κ2) is 6.98. The second-order valence-corrected chi connectivity index (χ2v) is 5.76. The summed E-state index contributed by atoms with van der Waals surface area (Å²) in [6.45, 7) is 3.98. The number of likely N-dealkylation sites (N-methyl/N-ethyl adjacent to an activating group) is 1. The van der Waals surface area contributed by atoms with Crippen molar-refractivity contribution in [3.8, 4) is 5.75 Å². The molecule has 0 spiro atoms. The Labute approximate surface area is 138 Å². The Hall–Kier alpha value is -1.79. The largest absolute Gasteiger partial charge is 0.489 e. The van der Waals surface area contributed by atoms with E-state index in [1.807, 2.05) is 6.92 Å². The van der Waals surface area contributed by atoms with Crippen molar-refractivity contribution in [2.24, 2.45) is 0 Å². The Kier molecular flexibility index (Phi) is 5.26. The highest BCUT2D eigenvalue weighted by atomic mass is 35.5. The van der Waals surface area contributed by atoms with Gasteiger partial charge in [0, 0.05) is 13.1 Å². The third-order valence-electron chi connectivity index (χ3n) is 3.03. The van der Waals surface area contributed by atoms with Gasteiger partial charge in [-0.25, -0.2) is 0 Å². The molecule has 1 N–H and O–H groups in total. The van der Waals surface area contributed by atoms with Crippen LogP contribution in [-0.2, 0) is 0 Å². The van der Waals surface area contributed by atoms with E-state index in [1.54, 1.807) is 32.2 Å². The zero-order valence-corrected chi connectivity index (χ0v) is 13.9. The normalized spacial score (nSPS) is 12.0. The third kappa shape index (κ3) is 3.90. The predicted molar refractivity (Wildman–Crippen MR) is 84.6 cm³/mol. The summed E-state index contributed by atoms with van der Waals surface area (Å²) in [4.78, 5) is 13.8. The molecule has 0 bridgehead atoms. The number of amides is 1. The fraction of sp³-hybridized carbons (Fsp3) is 0.357. The van der Waals surface area contributed by atoms with Crippen LogP contribution >= 0.6 is 23.2 Å². The highest BCUT2D eigenvalue weighted by Crippen LogP contribution is 2.26. The number of rotatable bonds is 5. The summed E-state index contributed by atoms with van der Waals surface area (Å²) in [6, 6.07) is 5.04. The Morgan fingerprint density at radius 2 is 2.09 bits per heavy atom. The average molecular weight is 343 g/mol. The standard InChI is InChI=1S/C14H16Cl2N4O2/c1-8(22-10-4-5-11(15)12(16)6-10)7-20(3)14(21)13-9(2)17-19-18-13/h4-6,8H,7H2,1-3H3,(H,17,18,19)/t8-/m0/s1. The van der Waals surface area contributed by atoms with E-state index in [-0.39, 0.29) is 12.0 Å². The van der Waals surface area contributed by atoms with Gasteiger partial charge in [0.2, 0.25) is 0 Å². The van der Waals surface area contributed by atoms with Crippen LogP contribution in [-0.4, -0.2) is 45.9 Å². The van der Waals surface area contributed by atoms with Crippen LogP contribution in [0, 0.1) is 6.92 Å². The van der Waals surface area contributed by atoms with Gasteiger partial charge in [0.15, 0.2) is 5.69 Å². The Bertz CT molecular complexity index is 675. The van der Waals surface area contributed by atoms with E-state index in [0.717, 1.165) is 0 Å². The van der Waals surface area contributed by atoms with Crippen molar-refractivity contribution >= 4 is 29.1 Å². The molecule has 0 fully saturated rings. The number of nitrogens with one attached hydrogen (secondary N) is 1. The molecule has 0 unspecified atom stereocenters. The molecule has 1 amide bonds. The van der Waals surface area contributed by atoms with Gasteiger partial charge >= 0.3 is 0 Å². The lowest BCUT2D eigenvalue weighted by Crippen LogP contribution is -2.36. The van der Waals surface area contributed by atoms with Gasteiger partial charge in [0.25, 0.3) is 5.91 Å². The molecule has 0 aliphatic rings. The van der Waals surface area contributed by atoms with Crippen LogP contribution in [0.3, 0.4) is 0 Å². The molecule has 0 aliphatic carbocycles. The SMILES string of the molecule is Cc1n[nH]nc1C(=O)N(C)C[C@H](C)Oc1ccc(Cl)c(Cl)c1. The molecular formula is C14H16Cl2N4O2. The molecule has 1 aromatic carbocycles. The van der Waals surface area contributed by atoms with E-state index in [9.17, 15) is 4.79 Å². The molecule has 2 rings (SSSR count). The number of H-pyrrole nitrogens is 1. The first-order chi connectivity index (χ1) is 10.4. The van der Waals surface area contributed by atoms with Crippen molar-refractivity contribution in [1.29, 1.82) is 0 Å². The summed E-state index contributed by atoms with van der Waals surface area (Å²) in [5, 5.41) is 11.0. The molecule has 1 heterocycles. The molecule has 1 aromatic heterocycles. The van der Waals surface area contributed by atoms with Crippen molar-refractivity contribution < 1.29 is 9.53 Å². The summed E-state index contributed by atoms with van der Waals surface area (Å²) in [7, 11) is 1.69. The van der Waals surface area contributed by atoms with Crippen LogP contribution < -0.4 is 4.74 Å². The molecule has 1 atom stereocenters. The topological polar surface area (TPSA) is 71.1 Å². The van der Waals surface area contributed by atoms with Gasteiger partial charge in [-0.05, 0) is 26.0 Å². The lowest BCUT2D eigenvalue weighted by Gasteiger charge is -2.22. The molecule has 0 aliphatic heterocycles. The first-order valence-corrected chi connectivity index (χ1v) is 7.38. The maximum Gasteiger partial charge on any atom is 0.276 e. The Morgan fingerprint density at radius 1 is 1.36 bits per heavy atom. The lowest BCUT2D eigenvalue weighted by atomic mass is 10.3. The number of hydrogen-bond acceptors (Lipinski definition) is 4. The predicted octanol–water partition coefficient (Wildman–Crippen LogP) is 2.96. The summed E-state index contributed by atoms with van der Waals surface area (Å²) in [5.74, 6) is 0.385. The van der Waals surface area contributed by atoms with Crippen molar-refractivity contribution in [3.63, 3.8) is 0 Å². The van der Waals surface area contributed by atoms with Crippen LogP contribution in [0.2, 0.25) is 10.0 Å². The van der Waals surface area contributed by atoms with Crippen LogP contribution in [0.1, 0.15) is 23.1 Å². The molecule has 0 saturated heterocycles. The van der Waals surface area contributed by atoms with E-state index in [0.29, 0.717) is 33.7 Å². The minimum atomic E-state index is -0.224. The number of ether oxygens (including phenoxy) is 1. The summed E-state index contributed by atoms with van der Waals surface area (Å²) in [6.07, 6.45) is -0.224. The van der Waals surface area contributed by atoms with E-state index < -0.39 is 0 Å². The third-order valence-corrected chi connectivity index (χ3v) is 3.77. The zero-order chi connectivity index (χ0) is 16.3. The molecule has 0 saturated carbocycles. The van der Waals surface area contributed by atoms with Crippen LogP contribution in [0.4, 0.5) is 0 Å². The average Bonchev–Trinajstić information content (AvgIpc) is 2.88.